The molecule has 2 saturated heterocycles. The van der Waals surface area contributed by atoms with Crippen LogP contribution in [0.25, 0.3) is 0 Å². The summed E-state index contributed by atoms with van der Waals surface area (Å²) in [7, 11) is 0. The topological polar surface area (TPSA) is 60.9 Å². The van der Waals surface area contributed by atoms with E-state index in [1.165, 1.54) is 0 Å². The Morgan fingerprint density at radius 1 is 1.26 bits per heavy atom. The van der Waals surface area contributed by atoms with Gasteiger partial charge in [-0.1, -0.05) is 18.2 Å². The summed E-state index contributed by atoms with van der Waals surface area (Å²) < 4.78 is 17.8. The molecule has 5 rings (SSSR count). The van der Waals surface area contributed by atoms with E-state index < -0.39 is 6.10 Å². The van der Waals surface area contributed by atoms with E-state index in [0.29, 0.717) is 32.7 Å². The smallest absolute Gasteiger partial charge is 0.264 e. The van der Waals surface area contributed by atoms with E-state index in [1.807, 2.05) is 41.3 Å². The van der Waals surface area contributed by atoms with Crippen LogP contribution >= 0.6 is 0 Å². The van der Waals surface area contributed by atoms with Gasteiger partial charge in [0.05, 0.1) is 25.9 Å². The van der Waals surface area contributed by atoms with Crippen LogP contribution in [0.3, 0.4) is 0 Å². The third kappa shape index (κ3) is 2.94. The van der Waals surface area contributed by atoms with Crippen molar-refractivity contribution in [1.29, 1.82) is 0 Å². The summed E-state index contributed by atoms with van der Waals surface area (Å²) in [6.45, 7) is 2.53. The van der Waals surface area contributed by atoms with Crippen molar-refractivity contribution in [3.8, 4) is 11.5 Å². The fraction of sp³-hybridized carbons (Fsp3) is 0.429. The zero-order valence-electron chi connectivity index (χ0n) is 15.0. The minimum Gasteiger partial charge on any atom is -0.492 e. The largest absolute Gasteiger partial charge is 0.492 e. The van der Waals surface area contributed by atoms with Crippen LogP contribution in [0.4, 0.5) is 0 Å². The summed E-state index contributed by atoms with van der Waals surface area (Å²) in [5, 5.41) is 0. The molecule has 0 N–H and O–H groups in total. The van der Waals surface area contributed by atoms with E-state index in [2.05, 4.69) is 4.98 Å². The Morgan fingerprint density at radius 3 is 2.96 bits per heavy atom. The molecule has 6 heteroatoms. The van der Waals surface area contributed by atoms with Gasteiger partial charge in [0.25, 0.3) is 5.91 Å². The van der Waals surface area contributed by atoms with Gasteiger partial charge in [-0.05, 0) is 30.2 Å². The molecular weight excluding hydrogens is 344 g/mol. The highest BCUT2D eigenvalue weighted by atomic mass is 16.5. The molecule has 1 spiro atoms. The highest BCUT2D eigenvalue weighted by molar-refractivity contribution is 5.83. The number of carbonyl (C=O) groups is 1. The number of rotatable bonds is 4. The number of hydrogen-bond acceptors (Lipinski definition) is 5. The standard InChI is InChI=1S/C21H22N2O4/c24-20(19-10-15-4-1-2-6-18(15)27-19)23-13-21(14-23)16(7-9-26-21)12-25-17-5-3-8-22-11-17/h1-6,8,11,16,19H,7,9-10,12-14H2/t16-,19-/m0/s1. The number of amides is 1. The highest BCUT2D eigenvalue weighted by Crippen LogP contribution is 2.41. The van der Waals surface area contributed by atoms with Crippen LogP contribution in [0.15, 0.2) is 48.8 Å². The van der Waals surface area contributed by atoms with E-state index in [-0.39, 0.29) is 17.4 Å². The van der Waals surface area contributed by atoms with Crippen LogP contribution in [0, 0.1) is 5.92 Å². The quantitative estimate of drug-likeness (QED) is 0.829. The zero-order valence-corrected chi connectivity index (χ0v) is 15.0. The predicted octanol–water partition coefficient (Wildman–Crippen LogP) is 2.08. The summed E-state index contributed by atoms with van der Waals surface area (Å²) in [6, 6.07) is 11.6. The lowest BCUT2D eigenvalue weighted by Crippen LogP contribution is -2.68. The van der Waals surface area contributed by atoms with E-state index in [0.717, 1.165) is 23.5 Å². The first-order valence-corrected chi connectivity index (χ1v) is 9.44. The molecule has 0 saturated carbocycles. The molecule has 140 valence electrons. The van der Waals surface area contributed by atoms with Crippen molar-refractivity contribution in [2.24, 2.45) is 5.92 Å². The number of hydrogen-bond donors (Lipinski definition) is 0. The molecule has 3 aliphatic rings. The van der Waals surface area contributed by atoms with Gasteiger partial charge in [-0.2, -0.15) is 0 Å². The van der Waals surface area contributed by atoms with Gasteiger partial charge in [-0.15, -0.1) is 0 Å². The average molecular weight is 366 g/mol. The van der Waals surface area contributed by atoms with Gasteiger partial charge in [-0.25, -0.2) is 0 Å². The molecule has 3 aliphatic heterocycles. The fourth-order valence-electron chi connectivity index (χ4n) is 4.28. The van der Waals surface area contributed by atoms with Crippen molar-refractivity contribution in [2.75, 3.05) is 26.3 Å². The summed E-state index contributed by atoms with van der Waals surface area (Å²) in [5.41, 5.74) is 0.828. The summed E-state index contributed by atoms with van der Waals surface area (Å²) >= 11 is 0. The number of para-hydroxylation sites is 1. The van der Waals surface area contributed by atoms with Crippen LogP contribution in [0.5, 0.6) is 11.5 Å². The molecule has 6 nitrogen and oxygen atoms in total. The van der Waals surface area contributed by atoms with Crippen molar-refractivity contribution < 1.29 is 19.0 Å². The molecule has 0 aliphatic carbocycles. The van der Waals surface area contributed by atoms with Crippen molar-refractivity contribution in [3.63, 3.8) is 0 Å². The van der Waals surface area contributed by atoms with Crippen LogP contribution in [-0.4, -0.2) is 53.8 Å². The SMILES string of the molecule is O=C([C@@H]1Cc2ccccc2O1)N1CC2(C1)OCC[C@H]2COc1cccnc1. The maximum atomic E-state index is 12.8. The number of ether oxygens (including phenoxy) is 3. The second-order valence-corrected chi connectivity index (χ2v) is 7.51. The molecule has 2 aromatic rings. The molecular formula is C21H22N2O4. The zero-order chi connectivity index (χ0) is 18.3. The summed E-state index contributed by atoms with van der Waals surface area (Å²) in [6.07, 6.45) is 4.63. The maximum Gasteiger partial charge on any atom is 0.264 e. The Hall–Kier alpha value is -2.60. The lowest BCUT2D eigenvalue weighted by Gasteiger charge is -2.50. The second kappa shape index (κ2) is 6.53. The monoisotopic (exact) mass is 366 g/mol. The Kier molecular flexibility index (Phi) is 4.01. The molecule has 1 aromatic heterocycles. The van der Waals surface area contributed by atoms with E-state index in [4.69, 9.17) is 14.2 Å². The van der Waals surface area contributed by atoms with Crippen molar-refractivity contribution in [2.45, 2.75) is 24.5 Å². The van der Waals surface area contributed by atoms with Crippen LogP contribution in [0.2, 0.25) is 0 Å². The predicted molar refractivity (Wildman–Crippen MR) is 97.7 cm³/mol. The summed E-state index contributed by atoms with van der Waals surface area (Å²) in [4.78, 5) is 18.8. The molecule has 0 bridgehead atoms. The van der Waals surface area contributed by atoms with E-state index in [9.17, 15) is 4.79 Å². The maximum absolute atomic E-state index is 12.8. The van der Waals surface area contributed by atoms with Gasteiger partial charge in [0.15, 0.2) is 6.10 Å². The van der Waals surface area contributed by atoms with Crippen LogP contribution < -0.4 is 9.47 Å². The van der Waals surface area contributed by atoms with Gasteiger partial charge in [0.2, 0.25) is 0 Å². The third-order valence-electron chi connectivity index (χ3n) is 5.84. The minimum absolute atomic E-state index is 0.0549. The fourth-order valence-corrected chi connectivity index (χ4v) is 4.28. The first-order valence-electron chi connectivity index (χ1n) is 9.44. The average Bonchev–Trinajstić information content (AvgIpc) is 3.29. The van der Waals surface area contributed by atoms with Crippen LogP contribution in [0.1, 0.15) is 12.0 Å². The highest BCUT2D eigenvalue weighted by Gasteiger charge is 2.55. The lowest BCUT2D eigenvalue weighted by molar-refractivity contribution is -0.172. The summed E-state index contributed by atoms with van der Waals surface area (Å²) in [5.74, 6) is 1.93. The normalized spacial score (nSPS) is 25.0. The number of nitrogens with zero attached hydrogens (tertiary/aromatic N) is 2. The molecule has 1 aromatic carbocycles. The van der Waals surface area contributed by atoms with Gasteiger partial charge in [-0.3, -0.25) is 9.78 Å². The Balaban J connectivity index is 1.18. The number of pyridine rings is 1. The second-order valence-electron chi connectivity index (χ2n) is 7.51. The molecule has 2 fully saturated rings. The Labute approximate surface area is 158 Å². The van der Waals surface area contributed by atoms with Gasteiger partial charge in [0, 0.05) is 25.1 Å². The number of fused-ring (bicyclic) bond motifs is 1. The Bertz CT molecular complexity index is 810. The molecule has 27 heavy (non-hydrogen) atoms. The van der Waals surface area contributed by atoms with Crippen molar-refractivity contribution in [3.05, 3.63) is 54.4 Å². The van der Waals surface area contributed by atoms with Crippen LogP contribution in [-0.2, 0) is 16.0 Å². The molecule has 0 unspecified atom stereocenters. The molecule has 4 heterocycles. The van der Waals surface area contributed by atoms with E-state index in [1.54, 1.807) is 12.4 Å². The lowest BCUT2D eigenvalue weighted by atomic mass is 9.81. The number of aromatic nitrogens is 1. The molecule has 1 amide bonds. The molecule has 0 radical (unpaired) electrons. The van der Waals surface area contributed by atoms with Gasteiger partial charge in [0.1, 0.15) is 17.1 Å². The third-order valence-corrected chi connectivity index (χ3v) is 5.84. The minimum atomic E-state index is -0.411. The molecule has 2 atom stereocenters. The van der Waals surface area contributed by atoms with E-state index >= 15 is 0 Å². The number of likely N-dealkylation sites (tertiary alicyclic amines) is 1. The first-order chi connectivity index (χ1) is 13.2. The number of carbonyl (C=O) groups excluding carboxylic acids is 1. The Morgan fingerprint density at radius 2 is 2.15 bits per heavy atom. The van der Waals surface area contributed by atoms with Gasteiger partial charge < -0.3 is 19.1 Å². The van der Waals surface area contributed by atoms with Crippen molar-refractivity contribution >= 4 is 5.91 Å². The number of benzene rings is 1. The first kappa shape index (κ1) is 16.6. The van der Waals surface area contributed by atoms with Crippen molar-refractivity contribution in [1.82, 2.24) is 9.88 Å². The van der Waals surface area contributed by atoms with Gasteiger partial charge >= 0.3 is 0 Å².